The second kappa shape index (κ2) is 5.20. The summed E-state index contributed by atoms with van der Waals surface area (Å²) >= 11 is 0. The van der Waals surface area contributed by atoms with Crippen molar-refractivity contribution < 1.29 is 8.42 Å². The monoisotopic (exact) mass is 257 g/mol. The SMILES string of the molecule is CCN(CC1CCCN1)S(=O)(=O)c1cc[nH]c1. The molecular weight excluding hydrogens is 238 g/mol. The van der Waals surface area contributed by atoms with Gasteiger partial charge in [-0.05, 0) is 25.5 Å². The molecule has 0 aliphatic carbocycles. The first-order chi connectivity index (χ1) is 8.14. The van der Waals surface area contributed by atoms with Crippen LogP contribution in [0.3, 0.4) is 0 Å². The van der Waals surface area contributed by atoms with Crippen LogP contribution in [0, 0.1) is 0 Å². The largest absolute Gasteiger partial charge is 0.366 e. The molecule has 96 valence electrons. The Morgan fingerprint density at radius 3 is 2.88 bits per heavy atom. The number of hydrogen-bond acceptors (Lipinski definition) is 3. The number of hydrogen-bond donors (Lipinski definition) is 2. The molecule has 1 atom stereocenters. The molecule has 1 unspecified atom stereocenters. The molecule has 5 nitrogen and oxygen atoms in total. The molecule has 2 rings (SSSR count). The maximum Gasteiger partial charge on any atom is 0.244 e. The molecule has 1 aromatic heterocycles. The Kier molecular flexibility index (Phi) is 3.86. The third-order valence-electron chi connectivity index (χ3n) is 3.15. The first kappa shape index (κ1) is 12.6. The Hall–Kier alpha value is -0.850. The zero-order valence-electron chi connectivity index (χ0n) is 10.0. The molecule has 0 bridgehead atoms. The van der Waals surface area contributed by atoms with Crippen molar-refractivity contribution in [3.63, 3.8) is 0 Å². The van der Waals surface area contributed by atoms with Crippen LogP contribution in [0.2, 0.25) is 0 Å². The minimum atomic E-state index is -3.33. The van der Waals surface area contributed by atoms with Gasteiger partial charge in [-0.1, -0.05) is 6.92 Å². The lowest BCUT2D eigenvalue weighted by Crippen LogP contribution is -2.40. The molecule has 2 heterocycles. The van der Waals surface area contributed by atoms with Crippen LogP contribution in [0.1, 0.15) is 19.8 Å². The summed E-state index contributed by atoms with van der Waals surface area (Å²) in [4.78, 5) is 3.13. The summed E-state index contributed by atoms with van der Waals surface area (Å²) in [6.45, 7) is 3.93. The summed E-state index contributed by atoms with van der Waals surface area (Å²) in [5, 5.41) is 3.32. The molecule has 2 N–H and O–H groups in total. The van der Waals surface area contributed by atoms with E-state index in [1.807, 2.05) is 6.92 Å². The summed E-state index contributed by atoms with van der Waals surface area (Å²) in [5.41, 5.74) is 0. The molecular formula is C11H19N3O2S. The van der Waals surface area contributed by atoms with Crippen molar-refractivity contribution in [1.29, 1.82) is 0 Å². The molecule has 17 heavy (non-hydrogen) atoms. The van der Waals surface area contributed by atoms with Gasteiger partial charge >= 0.3 is 0 Å². The average Bonchev–Trinajstić information content (AvgIpc) is 2.98. The second-order valence-electron chi connectivity index (χ2n) is 4.30. The second-order valence-corrected chi connectivity index (χ2v) is 6.23. The van der Waals surface area contributed by atoms with Crippen molar-refractivity contribution >= 4 is 10.0 Å². The lowest BCUT2D eigenvalue weighted by Gasteiger charge is -2.23. The van der Waals surface area contributed by atoms with Crippen molar-refractivity contribution in [3.8, 4) is 0 Å². The van der Waals surface area contributed by atoms with Gasteiger partial charge in [0.2, 0.25) is 10.0 Å². The van der Waals surface area contributed by atoms with Gasteiger partial charge in [-0.3, -0.25) is 0 Å². The van der Waals surface area contributed by atoms with Gasteiger partial charge in [-0.15, -0.1) is 0 Å². The molecule has 1 aliphatic heterocycles. The summed E-state index contributed by atoms with van der Waals surface area (Å²) in [6.07, 6.45) is 5.35. The fourth-order valence-electron chi connectivity index (χ4n) is 2.17. The normalized spacial score (nSPS) is 21.2. The van der Waals surface area contributed by atoms with Crippen molar-refractivity contribution in [3.05, 3.63) is 18.5 Å². The lowest BCUT2D eigenvalue weighted by molar-refractivity contribution is 0.383. The number of aromatic nitrogens is 1. The van der Waals surface area contributed by atoms with Crippen LogP contribution < -0.4 is 5.32 Å². The van der Waals surface area contributed by atoms with Crippen LogP contribution in [-0.2, 0) is 10.0 Å². The van der Waals surface area contributed by atoms with Crippen molar-refractivity contribution in [2.24, 2.45) is 0 Å². The number of sulfonamides is 1. The Morgan fingerprint density at radius 2 is 2.35 bits per heavy atom. The van der Waals surface area contributed by atoms with Crippen LogP contribution in [0.4, 0.5) is 0 Å². The summed E-state index contributed by atoms with van der Waals surface area (Å²) in [6, 6.07) is 1.89. The van der Waals surface area contributed by atoms with E-state index in [2.05, 4.69) is 10.3 Å². The van der Waals surface area contributed by atoms with E-state index in [1.165, 1.54) is 6.20 Å². The predicted octanol–water partition coefficient (Wildman–Crippen LogP) is 0.777. The highest BCUT2D eigenvalue weighted by Crippen LogP contribution is 2.16. The van der Waals surface area contributed by atoms with Gasteiger partial charge in [-0.25, -0.2) is 8.42 Å². The van der Waals surface area contributed by atoms with Gasteiger partial charge in [0.1, 0.15) is 0 Å². The third kappa shape index (κ3) is 2.70. The molecule has 0 spiro atoms. The summed E-state index contributed by atoms with van der Waals surface area (Å²) in [5.74, 6) is 0. The number of nitrogens with zero attached hydrogens (tertiary/aromatic N) is 1. The average molecular weight is 257 g/mol. The van der Waals surface area contributed by atoms with Gasteiger partial charge in [0.25, 0.3) is 0 Å². The minimum absolute atomic E-state index is 0.295. The van der Waals surface area contributed by atoms with Crippen LogP contribution in [-0.4, -0.2) is 43.4 Å². The first-order valence-electron chi connectivity index (χ1n) is 6.01. The number of aromatic amines is 1. The molecule has 0 aromatic carbocycles. The highest BCUT2D eigenvalue weighted by Gasteiger charge is 2.27. The first-order valence-corrected chi connectivity index (χ1v) is 7.45. The van der Waals surface area contributed by atoms with E-state index in [0.29, 0.717) is 24.0 Å². The quantitative estimate of drug-likeness (QED) is 0.819. The Labute approximate surface area is 102 Å². The van der Waals surface area contributed by atoms with E-state index >= 15 is 0 Å². The van der Waals surface area contributed by atoms with Crippen LogP contribution in [0.5, 0.6) is 0 Å². The highest BCUT2D eigenvalue weighted by atomic mass is 32.2. The molecule has 1 aromatic rings. The molecule has 6 heteroatoms. The van der Waals surface area contributed by atoms with E-state index < -0.39 is 10.0 Å². The zero-order chi connectivity index (χ0) is 12.3. The highest BCUT2D eigenvalue weighted by molar-refractivity contribution is 7.89. The molecule has 1 aliphatic rings. The predicted molar refractivity (Wildman–Crippen MR) is 66.3 cm³/mol. The minimum Gasteiger partial charge on any atom is -0.366 e. The van der Waals surface area contributed by atoms with Gasteiger partial charge in [0, 0.05) is 31.5 Å². The van der Waals surface area contributed by atoms with Gasteiger partial charge < -0.3 is 10.3 Å². The summed E-state index contributed by atoms with van der Waals surface area (Å²) in [7, 11) is -3.33. The van der Waals surface area contributed by atoms with E-state index in [0.717, 1.165) is 19.4 Å². The van der Waals surface area contributed by atoms with Gasteiger partial charge in [-0.2, -0.15) is 4.31 Å². The van der Waals surface area contributed by atoms with E-state index in [9.17, 15) is 8.42 Å². The van der Waals surface area contributed by atoms with Crippen molar-refractivity contribution in [2.75, 3.05) is 19.6 Å². The zero-order valence-corrected chi connectivity index (χ0v) is 10.8. The molecule has 1 fully saturated rings. The Bertz CT molecular complexity index is 435. The molecule has 0 amide bonds. The number of rotatable bonds is 5. The van der Waals surface area contributed by atoms with Crippen molar-refractivity contribution in [1.82, 2.24) is 14.6 Å². The fraction of sp³-hybridized carbons (Fsp3) is 0.636. The molecule has 1 saturated heterocycles. The molecule has 0 radical (unpaired) electrons. The Morgan fingerprint density at radius 1 is 1.53 bits per heavy atom. The maximum atomic E-state index is 12.3. The number of H-pyrrole nitrogens is 1. The van der Waals surface area contributed by atoms with Crippen LogP contribution >= 0.6 is 0 Å². The lowest BCUT2D eigenvalue weighted by atomic mass is 10.2. The van der Waals surface area contributed by atoms with Gasteiger partial charge in [0.05, 0.1) is 4.90 Å². The van der Waals surface area contributed by atoms with E-state index in [4.69, 9.17) is 0 Å². The topological polar surface area (TPSA) is 65.2 Å². The summed E-state index contributed by atoms with van der Waals surface area (Å²) < 4.78 is 26.1. The maximum absolute atomic E-state index is 12.3. The number of nitrogens with one attached hydrogen (secondary N) is 2. The van der Waals surface area contributed by atoms with E-state index in [-0.39, 0.29) is 0 Å². The van der Waals surface area contributed by atoms with Gasteiger partial charge in [0.15, 0.2) is 0 Å². The standard InChI is InChI=1S/C11H19N3O2S/c1-2-14(9-10-4-3-6-13-10)17(15,16)11-5-7-12-8-11/h5,7-8,10,12-13H,2-4,6,9H2,1H3. The van der Waals surface area contributed by atoms with E-state index in [1.54, 1.807) is 16.6 Å². The van der Waals surface area contributed by atoms with Crippen LogP contribution in [0.25, 0.3) is 0 Å². The Balaban J connectivity index is 2.12. The third-order valence-corrected chi connectivity index (χ3v) is 5.08. The fourth-order valence-corrected chi connectivity index (χ4v) is 3.64. The smallest absolute Gasteiger partial charge is 0.244 e. The molecule has 0 saturated carbocycles. The van der Waals surface area contributed by atoms with Crippen molar-refractivity contribution in [2.45, 2.75) is 30.7 Å². The van der Waals surface area contributed by atoms with Crippen LogP contribution in [0.15, 0.2) is 23.4 Å². The number of likely N-dealkylation sites (N-methyl/N-ethyl adjacent to an activating group) is 1.